The third-order valence-corrected chi connectivity index (χ3v) is 3.46. The molecule has 5 nitrogen and oxygen atoms in total. The van der Waals surface area contributed by atoms with Gasteiger partial charge < -0.3 is 15.2 Å². The van der Waals surface area contributed by atoms with Gasteiger partial charge in [-0.25, -0.2) is 9.97 Å². The van der Waals surface area contributed by atoms with Gasteiger partial charge in [-0.1, -0.05) is 20.8 Å². The first-order valence-electron chi connectivity index (χ1n) is 6.23. The Hall–Kier alpha value is -0.720. The average molecular weight is 332 g/mol. The van der Waals surface area contributed by atoms with Crippen LogP contribution < -0.4 is 5.73 Å². The van der Waals surface area contributed by atoms with Crippen molar-refractivity contribution in [1.29, 1.82) is 0 Å². The second-order valence-electron chi connectivity index (χ2n) is 5.36. The van der Waals surface area contributed by atoms with E-state index in [1.54, 1.807) is 7.11 Å². The molecule has 0 aliphatic rings. The molecule has 0 aromatic carbocycles. The van der Waals surface area contributed by atoms with Gasteiger partial charge in [-0.2, -0.15) is 0 Å². The minimum atomic E-state index is -0.205. The van der Waals surface area contributed by atoms with Gasteiger partial charge in [-0.3, -0.25) is 0 Å². The third kappa shape index (κ3) is 4.12. The van der Waals surface area contributed by atoms with Crippen LogP contribution in [0.3, 0.4) is 0 Å². The van der Waals surface area contributed by atoms with E-state index in [1.165, 1.54) is 0 Å². The van der Waals surface area contributed by atoms with Crippen molar-refractivity contribution < 1.29 is 9.47 Å². The van der Waals surface area contributed by atoms with Crippen molar-refractivity contribution in [2.45, 2.75) is 40.4 Å². The summed E-state index contributed by atoms with van der Waals surface area (Å²) >= 11 is 3.38. The van der Waals surface area contributed by atoms with Crippen LogP contribution in [0.5, 0.6) is 0 Å². The van der Waals surface area contributed by atoms with Crippen LogP contribution in [0.15, 0.2) is 4.47 Å². The summed E-state index contributed by atoms with van der Waals surface area (Å²) in [4.78, 5) is 8.86. The number of nitrogens with zero attached hydrogens (tertiary/aromatic N) is 2. The molecule has 0 radical (unpaired) electrons. The van der Waals surface area contributed by atoms with Crippen molar-refractivity contribution >= 4 is 21.7 Å². The first kappa shape index (κ1) is 16.3. The van der Waals surface area contributed by atoms with Crippen LogP contribution in [0.1, 0.15) is 45.3 Å². The van der Waals surface area contributed by atoms with Gasteiger partial charge in [0.2, 0.25) is 0 Å². The molecule has 0 spiro atoms. The van der Waals surface area contributed by atoms with Crippen LogP contribution >= 0.6 is 15.9 Å². The van der Waals surface area contributed by atoms with Gasteiger partial charge in [0.1, 0.15) is 11.9 Å². The highest BCUT2D eigenvalue weighted by Crippen LogP contribution is 2.35. The lowest BCUT2D eigenvalue weighted by molar-refractivity contribution is -0.0193. The van der Waals surface area contributed by atoms with Gasteiger partial charge >= 0.3 is 0 Å². The largest absolute Gasteiger partial charge is 0.383 e. The lowest BCUT2D eigenvalue weighted by Crippen LogP contribution is -2.24. The zero-order valence-electron chi connectivity index (χ0n) is 12.2. The molecular formula is C13H22BrN3O2. The fraction of sp³-hybridized carbons (Fsp3) is 0.692. The molecule has 6 heteroatoms. The first-order chi connectivity index (χ1) is 8.81. The zero-order valence-corrected chi connectivity index (χ0v) is 13.7. The Bertz CT molecular complexity index is 433. The van der Waals surface area contributed by atoms with Crippen LogP contribution in [-0.4, -0.2) is 23.7 Å². The maximum Gasteiger partial charge on any atom is 0.160 e. The van der Waals surface area contributed by atoms with Crippen LogP contribution in [0.25, 0.3) is 0 Å². The van der Waals surface area contributed by atoms with Gasteiger partial charge in [0.15, 0.2) is 5.82 Å². The second kappa shape index (κ2) is 6.63. The SMILES string of the molecule is CCOC(c1nc(N)c(Br)c(COC)n1)C(C)(C)C. The Morgan fingerprint density at radius 2 is 1.95 bits per heavy atom. The Kier molecular flexibility index (Phi) is 5.70. The Morgan fingerprint density at radius 1 is 1.32 bits per heavy atom. The van der Waals surface area contributed by atoms with Crippen LogP contribution in [0.4, 0.5) is 5.82 Å². The summed E-state index contributed by atoms with van der Waals surface area (Å²) in [6.07, 6.45) is -0.205. The van der Waals surface area contributed by atoms with Gasteiger partial charge in [0, 0.05) is 13.7 Å². The highest BCUT2D eigenvalue weighted by molar-refractivity contribution is 9.10. The van der Waals surface area contributed by atoms with Crippen LogP contribution in [0.2, 0.25) is 0 Å². The van der Waals surface area contributed by atoms with Crippen molar-refractivity contribution in [1.82, 2.24) is 9.97 Å². The maximum absolute atomic E-state index is 5.92. The van der Waals surface area contributed by atoms with Gasteiger partial charge in [0.25, 0.3) is 0 Å². The van der Waals surface area contributed by atoms with E-state index in [1.807, 2.05) is 6.92 Å². The number of rotatable bonds is 5. The normalized spacial score (nSPS) is 13.6. The summed E-state index contributed by atoms with van der Waals surface area (Å²) in [5.41, 5.74) is 6.54. The van der Waals surface area contributed by atoms with E-state index >= 15 is 0 Å². The number of halogens is 1. The third-order valence-electron chi connectivity index (χ3n) is 2.60. The predicted octanol–water partition coefficient (Wildman–Crippen LogP) is 3.09. The summed E-state index contributed by atoms with van der Waals surface area (Å²) < 4.78 is 11.6. The average Bonchev–Trinajstić information content (AvgIpc) is 2.30. The maximum atomic E-state index is 5.92. The molecule has 0 saturated carbocycles. The molecule has 1 heterocycles. The molecule has 0 amide bonds. The van der Waals surface area contributed by atoms with Crippen molar-refractivity contribution in [3.8, 4) is 0 Å². The summed E-state index contributed by atoms with van der Waals surface area (Å²) in [7, 11) is 1.62. The van der Waals surface area contributed by atoms with Crippen LogP contribution in [0, 0.1) is 5.41 Å². The molecule has 0 fully saturated rings. The number of aromatic nitrogens is 2. The lowest BCUT2D eigenvalue weighted by atomic mass is 9.88. The minimum Gasteiger partial charge on any atom is -0.383 e. The number of nitrogens with two attached hydrogens (primary N) is 1. The number of methoxy groups -OCH3 is 1. The van der Waals surface area contributed by atoms with E-state index in [4.69, 9.17) is 15.2 Å². The van der Waals surface area contributed by atoms with Gasteiger partial charge in [0.05, 0.1) is 16.8 Å². The van der Waals surface area contributed by atoms with E-state index in [9.17, 15) is 0 Å². The molecular weight excluding hydrogens is 310 g/mol. The Morgan fingerprint density at radius 3 is 2.42 bits per heavy atom. The van der Waals surface area contributed by atoms with Crippen LogP contribution in [-0.2, 0) is 16.1 Å². The molecule has 108 valence electrons. The summed E-state index contributed by atoms with van der Waals surface area (Å²) in [5.74, 6) is 1.01. The lowest BCUT2D eigenvalue weighted by Gasteiger charge is -2.29. The second-order valence-corrected chi connectivity index (χ2v) is 6.16. The standard InChI is InChI=1S/C13H22BrN3O2/c1-6-19-10(13(2,3)4)12-16-8(7-18-5)9(14)11(15)17-12/h10H,6-7H2,1-5H3,(H2,15,16,17). The first-order valence-corrected chi connectivity index (χ1v) is 7.02. The molecule has 0 aliphatic carbocycles. The fourth-order valence-corrected chi connectivity index (χ4v) is 2.05. The molecule has 1 rings (SSSR count). The summed E-state index contributed by atoms with van der Waals surface area (Å²) in [6.45, 7) is 9.20. The van der Waals surface area contributed by atoms with E-state index < -0.39 is 0 Å². The summed E-state index contributed by atoms with van der Waals surface area (Å²) in [5, 5.41) is 0. The molecule has 1 aromatic heterocycles. The highest BCUT2D eigenvalue weighted by atomic mass is 79.9. The van der Waals surface area contributed by atoms with Crippen molar-refractivity contribution in [2.75, 3.05) is 19.5 Å². The quantitative estimate of drug-likeness (QED) is 0.897. The smallest absolute Gasteiger partial charge is 0.160 e. The molecule has 19 heavy (non-hydrogen) atoms. The molecule has 0 saturated heterocycles. The van der Waals surface area contributed by atoms with Gasteiger partial charge in [-0.15, -0.1) is 0 Å². The van der Waals surface area contributed by atoms with E-state index in [2.05, 4.69) is 46.7 Å². The number of hydrogen-bond acceptors (Lipinski definition) is 5. The number of ether oxygens (including phenoxy) is 2. The Labute approximate surface area is 123 Å². The van der Waals surface area contributed by atoms with E-state index in [0.717, 1.165) is 5.69 Å². The van der Waals surface area contributed by atoms with E-state index in [-0.39, 0.29) is 11.5 Å². The Balaban J connectivity index is 3.24. The molecule has 1 atom stereocenters. The van der Waals surface area contributed by atoms with Crippen molar-refractivity contribution in [2.24, 2.45) is 5.41 Å². The zero-order chi connectivity index (χ0) is 14.6. The highest BCUT2D eigenvalue weighted by Gasteiger charge is 2.30. The van der Waals surface area contributed by atoms with E-state index in [0.29, 0.717) is 29.3 Å². The number of anilines is 1. The number of hydrogen-bond donors (Lipinski definition) is 1. The summed E-state index contributed by atoms with van der Waals surface area (Å²) in [6, 6.07) is 0. The monoisotopic (exact) mass is 331 g/mol. The number of nitrogen functional groups attached to an aromatic ring is 1. The molecule has 2 N–H and O–H groups in total. The molecule has 1 unspecified atom stereocenters. The van der Waals surface area contributed by atoms with Crippen molar-refractivity contribution in [3.63, 3.8) is 0 Å². The molecule has 0 bridgehead atoms. The molecule has 0 aliphatic heterocycles. The molecule has 1 aromatic rings. The topological polar surface area (TPSA) is 70.3 Å². The fourth-order valence-electron chi connectivity index (χ4n) is 1.76. The predicted molar refractivity (Wildman–Crippen MR) is 78.7 cm³/mol. The minimum absolute atomic E-state index is 0.110. The van der Waals surface area contributed by atoms with Crippen molar-refractivity contribution in [3.05, 3.63) is 16.0 Å². The van der Waals surface area contributed by atoms with Gasteiger partial charge in [-0.05, 0) is 28.3 Å².